The third-order valence-electron chi connectivity index (χ3n) is 2.75. The van der Waals surface area contributed by atoms with E-state index in [4.69, 9.17) is 11.6 Å². The molecule has 1 aromatic rings. The summed E-state index contributed by atoms with van der Waals surface area (Å²) in [5, 5.41) is 10.3. The monoisotopic (exact) mass is 227 g/mol. The van der Waals surface area contributed by atoms with Crippen molar-refractivity contribution in [2.45, 2.75) is 25.9 Å². The van der Waals surface area contributed by atoms with Crippen molar-refractivity contribution in [3.05, 3.63) is 17.0 Å². The Morgan fingerprint density at radius 3 is 2.87 bits per heavy atom. The summed E-state index contributed by atoms with van der Waals surface area (Å²) in [5.74, 6) is 0.827. The Morgan fingerprint density at radius 2 is 2.27 bits per heavy atom. The topological polar surface area (TPSA) is 49.2 Å². The highest BCUT2D eigenvalue weighted by Gasteiger charge is 2.32. The zero-order valence-corrected chi connectivity index (χ0v) is 9.62. The first kappa shape index (κ1) is 10.6. The third kappa shape index (κ3) is 2.06. The Hall–Kier alpha value is -0.870. The average molecular weight is 228 g/mol. The Morgan fingerprint density at radius 1 is 1.53 bits per heavy atom. The zero-order valence-electron chi connectivity index (χ0n) is 8.87. The van der Waals surface area contributed by atoms with E-state index in [-0.39, 0.29) is 0 Å². The van der Waals surface area contributed by atoms with E-state index < -0.39 is 5.60 Å². The fraction of sp³-hybridized carbons (Fsp3) is 0.600. The van der Waals surface area contributed by atoms with Gasteiger partial charge in [-0.25, -0.2) is 9.97 Å². The number of halogens is 1. The van der Waals surface area contributed by atoms with Crippen molar-refractivity contribution in [2.24, 2.45) is 0 Å². The first-order valence-corrected chi connectivity index (χ1v) is 5.32. The van der Waals surface area contributed by atoms with Gasteiger partial charge in [0.15, 0.2) is 0 Å². The van der Waals surface area contributed by atoms with Crippen molar-refractivity contribution < 1.29 is 5.11 Å². The number of hydrogen-bond donors (Lipinski definition) is 1. The highest BCUT2D eigenvalue weighted by atomic mass is 35.5. The van der Waals surface area contributed by atoms with E-state index >= 15 is 0 Å². The molecule has 0 radical (unpaired) electrons. The van der Waals surface area contributed by atoms with Gasteiger partial charge < -0.3 is 10.0 Å². The second-order valence-corrected chi connectivity index (χ2v) is 4.64. The number of nitrogens with zero attached hydrogens (tertiary/aromatic N) is 3. The summed E-state index contributed by atoms with van der Waals surface area (Å²) in [6.45, 7) is 5.14. The fourth-order valence-corrected chi connectivity index (χ4v) is 1.99. The second kappa shape index (κ2) is 3.61. The van der Waals surface area contributed by atoms with Gasteiger partial charge in [0.25, 0.3) is 0 Å². The molecule has 0 amide bonds. The molecule has 1 fully saturated rings. The Balaban J connectivity index is 2.28. The SMILES string of the molecule is Cc1c(Cl)ncnc1N1CCC(C)(O)C1. The predicted octanol–water partition coefficient (Wildman–Crippen LogP) is 1.40. The van der Waals surface area contributed by atoms with E-state index in [0.717, 1.165) is 24.3 Å². The first-order chi connectivity index (χ1) is 6.99. The zero-order chi connectivity index (χ0) is 11.1. The Kier molecular flexibility index (Phi) is 2.56. The number of rotatable bonds is 1. The number of β-amino-alcohol motifs (C(OH)–C–C–N with tert-alkyl or cyclic N) is 1. The highest BCUT2D eigenvalue weighted by molar-refractivity contribution is 6.30. The number of anilines is 1. The molecule has 0 saturated carbocycles. The van der Waals surface area contributed by atoms with Gasteiger partial charge in [-0.3, -0.25) is 0 Å². The van der Waals surface area contributed by atoms with Crippen LogP contribution in [0.25, 0.3) is 0 Å². The molecule has 2 heterocycles. The van der Waals surface area contributed by atoms with Gasteiger partial charge in [0.2, 0.25) is 0 Å². The predicted molar refractivity (Wildman–Crippen MR) is 59.2 cm³/mol. The maximum absolute atomic E-state index is 9.87. The van der Waals surface area contributed by atoms with Crippen LogP contribution in [0.5, 0.6) is 0 Å². The fourth-order valence-electron chi connectivity index (χ4n) is 1.86. The van der Waals surface area contributed by atoms with E-state index in [2.05, 4.69) is 9.97 Å². The quantitative estimate of drug-likeness (QED) is 0.737. The molecular formula is C10H14ClN3O. The van der Waals surface area contributed by atoms with Gasteiger partial charge >= 0.3 is 0 Å². The van der Waals surface area contributed by atoms with Gasteiger partial charge in [-0.1, -0.05) is 11.6 Å². The average Bonchev–Trinajstić information content (AvgIpc) is 2.51. The Bertz CT molecular complexity index is 381. The summed E-state index contributed by atoms with van der Waals surface area (Å²) in [4.78, 5) is 10.2. The molecular weight excluding hydrogens is 214 g/mol. The van der Waals surface area contributed by atoms with Crippen LogP contribution in [0.4, 0.5) is 5.82 Å². The summed E-state index contributed by atoms with van der Waals surface area (Å²) in [5.41, 5.74) is 0.251. The normalized spacial score (nSPS) is 26.0. The molecule has 0 bridgehead atoms. The molecule has 1 unspecified atom stereocenters. The Labute approximate surface area is 93.9 Å². The first-order valence-electron chi connectivity index (χ1n) is 4.94. The lowest BCUT2D eigenvalue weighted by molar-refractivity contribution is 0.0839. The van der Waals surface area contributed by atoms with E-state index in [1.165, 1.54) is 6.33 Å². The largest absolute Gasteiger partial charge is 0.388 e. The minimum Gasteiger partial charge on any atom is -0.388 e. The number of hydrogen-bond acceptors (Lipinski definition) is 4. The van der Waals surface area contributed by atoms with Gasteiger partial charge in [-0.05, 0) is 20.3 Å². The van der Waals surface area contributed by atoms with Crippen LogP contribution in [-0.4, -0.2) is 33.8 Å². The van der Waals surface area contributed by atoms with Gasteiger partial charge in [0.05, 0.1) is 5.60 Å². The van der Waals surface area contributed by atoms with Crippen molar-refractivity contribution in [3.63, 3.8) is 0 Å². The summed E-state index contributed by atoms with van der Waals surface area (Å²) in [7, 11) is 0. The lowest BCUT2D eigenvalue weighted by Crippen LogP contribution is -2.30. The highest BCUT2D eigenvalue weighted by Crippen LogP contribution is 2.28. The molecule has 15 heavy (non-hydrogen) atoms. The van der Waals surface area contributed by atoms with E-state index in [9.17, 15) is 5.11 Å². The molecule has 4 nitrogen and oxygen atoms in total. The van der Waals surface area contributed by atoms with Crippen molar-refractivity contribution in [3.8, 4) is 0 Å². The van der Waals surface area contributed by atoms with E-state index in [0.29, 0.717) is 11.7 Å². The molecule has 0 aliphatic carbocycles. The van der Waals surface area contributed by atoms with Crippen molar-refractivity contribution in [1.82, 2.24) is 9.97 Å². The van der Waals surface area contributed by atoms with Crippen LogP contribution in [0.15, 0.2) is 6.33 Å². The summed E-state index contributed by atoms with van der Waals surface area (Å²) < 4.78 is 0. The van der Waals surface area contributed by atoms with Crippen LogP contribution >= 0.6 is 11.6 Å². The smallest absolute Gasteiger partial charge is 0.137 e. The maximum atomic E-state index is 9.87. The number of aliphatic hydroxyl groups is 1. The second-order valence-electron chi connectivity index (χ2n) is 4.28. The van der Waals surface area contributed by atoms with Gasteiger partial charge in [0.1, 0.15) is 17.3 Å². The molecule has 1 N–H and O–H groups in total. The molecule has 1 aliphatic heterocycles. The van der Waals surface area contributed by atoms with Gasteiger partial charge in [-0.2, -0.15) is 0 Å². The van der Waals surface area contributed by atoms with E-state index in [1.807, 2.05) is 18.7 Å². The van der Waals surface area contributed by atoms with Crippen LogP contribution in [0.2, 0.25) is 5.15 Å². The van der Waals surface area contributed by atoms with Crippen LogP contribution < -0.4 is 4.90 Å². The van der Waals surface area contributed by atoms with Crippen molar-refractivity contribution in [2.75, 3.05) is 18.0 Å². The molecule has 1 saturated heterocycles. The molecule has 2 rings (SSSR count). The minimum atomic E-state index is -0.621. The molecule has 1 atom stereocenters. The van der Waals surface area contributed by atoms with E-state index in [1.54, 1.807) is 0 Å². The summed E-state index contributed by atoms with van der Waals surface area (Å²) in [6.07, 6.45) is 2.21. The summed E-state index contributed by atoms with van der Waals surface area (Å²) in [6, 6.07) is 0. The molecule has 0 spiro atoms. The van der Waals surface area contributed by atoms with Gasteiger partial charge in [0, 0.05) is 18.7 Å². The number of aromatic nitrogens is 2. The summed E-state index contributed by atoms with van der Waals surface area (Å²) >= 11 is 5.92. The molecule has 0 aromatic carbocycles. The van der Waals surface area contributed by atoms with Gasteiger partial charge in [-0.15, -0.1) is 0 Å². The van der Waals surface area contributed by atoms with Crippen LogP contribution in [0.1, 0.15) is 18.9 Å². The van der Waals surface area contributed by atoms with Crippen LogP contribution in [0, 0.1) is 6.92 Å². The third-order valence-corrected chi connectivity index (χ3v) is 3.13. The molecule has 5 heteroatoms. The molecule has 1 aliphatic rings. The molecule has 1 aromatic heterocycles. The van der Waals surface area contributed by atoms with Crippen LogP contribution in [0.3, 0.4) is 0 Å². The lowest BCUT2D eigenvalue weighted by atomic mass is 10.1. The van der Waals surface area contributed by atoms with Crippen molar-refractivity contribution in [1.29, 1.82) is 0 Å². The molecule has 82 valence electrons. The standard InChI is InChI=1S/C10H14ClN3O/c1-7-8(11)12-6-13-9(7)14-4-3-10(2,15)5-14/h6,15H,3-5H2,1-2H3. The minimum absolute atomic E-state index is 0.478. The van der Waals surface area contributed by atoms with Crippen LogP contribution in [-0.2, 0) is 0 Å². The van der Waals surface area contributed by atoms with Crippen molar-refractivity contribution >= 4 is 17.4 Å². The maximum Gasteiger partial charge on any atom is 0.137 e. The lowest BCUT2D eigenvalue weighted by Gasteiger charge is -2.21.